The smallest absolute Gasteiger partial charge is 0.349 e. The lowest BCUT2D eigenvalue weighted by atomic mass is 9.97. The van der Waals surface area contributed by atoms with Crippen molar-refractivity contribution in [1.82, 2.24) is 0 Å². The number of hydrazone groups is 1. The molecule has 3 aromatic carbocycles. The quantitative estimate of drug-likeness (QED) is 0.388. The fourth-order valence-corrected chi connectivity index (χ4v) is 4.41. The van der Waals surface area contributed by atoms with Crippen molar-refractivity contribution in [3.63, 3.8) is 0 Å². The summed E-state index contributed by atoms with van der Waals surface area (Å²) in [5.74, 6) is -1.19. The third-order valence-electron chi connectivity index (χ3n) is 6.42. The number of aromatic hydroxyl groups is 1. The number of hydrogen-bond acceptors (Lipinski definition) is 7. The molecule has 2 N–H and O–H groups in total. The Kier molecular flexibility index (Phi) is 5.72. The first kappa shape index (κ1) is 23.2. The highest BCUT2D eigenvalue weighted by atomic mass is 16.4. The molecule has 1 aliphatic rings. The van der Waals surface area contributed by atoms with Gasteiger partial charge in [0, 0.05) is 32.3 Å². The molecule has 5 rings (SSSR count). The van der Waals surface area contributed by atoms with Gasteiger partial charge in [0.2, 0.25) is 0 Å². The van der Waals surface area contributed by atoms with Crippen molar-refractivity contribution in [2.75, 3.05) is 24.0 Å². The molecule has 182 valence electrons. The van der Waals surface area contributed by atoms with Crippen LogP contribution < -0.4 is 15.5 Å². The van der Waals surface area contributed by atoms with Crippen LogP contribution in [0.25, 0.3) is 11.0 Å². The van der Waals surface area contributed by atoms with Crippen LogP contribution >= 0.6 is 0 Å². The molecule has 8 heteroatoms. The van der Waals surface area contributed by atoms with Crippen molar-refractivity contribution in [1.29, 1.82) is 0 Å². The lowest BCUT2D eigenvalue weighted by molar-refractivity contribution is 0.0697. The van der Waals surface area contributed by atoms with E-state index in [1.165, 1.54) is 12.1 Å². The van der Waals surface area contributed by atoms with Crippen molar-refractivity contribution < 1.29 is 19.4 Å². The third-order valence-corrected chi connectivity index (χ3v) is 6.42. The van der Waals surface area contributed by atoms with Crippen LogP contribution in [0.1, 0.15) is 39.5 Å². The second kappa shape index (κ2) is 8.88. The molecule has 2 heterocycles. The Morgan fingerprint density at radius 3 is 2.39 bits per heavy atom. The van der Waals surface area contributed by atoms with Crippen LogP contribution in [0.3, 0.4) is 0 Å². The van der Waals surface area contributed by atoms with Crippen molar-refractivity contribution in [2.24, 2.45) is 5.10 Å². The lowest BCUT2D eigenvalue weighted by Gasteiger charge is -2.24. The van der Waals surface area contributed by atoms with Gasteiger partial charge in [0.25, 0.3) is 0 Å². The van der Waals surface area contributed by atoms with E-state index in [2.05, 4.69) is 0 Å². The first-order chi connectivity index (χ1) is 17.2. The van der Waals surface area contributed by atoms with Crippen LogP contribution in [-0.4, -0.2) is 36.0 Å². The van der Waals surface area contributed by atoms with Gasteiger partial charge in [-0.25, -0.2) is 9.59 Å². The molecule has 0 spiro atoms. The third kappa shape index (κ3) is 4.07. The highest BCUT2D eigenvalue weighted by Crippen LogP contribution is 2.39. The van der Waals surface area contributed by atoms with Crippen LogP contribution in [0.2, 0.25) is 0 Å². The minimum Gasteiger partial charge on any atom is -0.506 e. The number of benzene rings is 3. The Morgan fingerprint density at radius 2 is 1.75 bits per heavy atom. The summed E-state index contributed by atoms with van der Waals surface area (Å²) in [6, 6.07) is 19.4. The molecule has 0 fully saturated rings. The van der Waals surface area contributed by atoms with Gasteiger partial charge in [-0.3, -0.25) is 5.01 Å². The summed E-state index contributed by atoms with van der Waals surface area (Å²) < 4.78 is 5.61. The van der Waals surface area contributed by atoms with E-state index in [-0.39, 0.29) is 22.9 Å². The second-order valence-electron chi connectivity index (χ2n) is 9.06. The monoisotopic (exact) mass is 483 g/mol. The molecule has 1 unspecified atom stereocenters. The predicted octanol–water partition coefficient (Wildman–Crippen LogP) is 4.93. The van der Waals surface area contributed by atoms with Crippen LogP contribution in [-0.2, 0) is 0 Å². The summed E-state index contributed by atoms with van der Waals surface area (Å²) in [7, 11) is 3.76. The van der Waals surface area contributed by atoms with Gasteiger partial charge in [0.15, 0.2) is 0 Å². The van der Waals surface area contributed by atoms with E-state index in [0.29, 0.717) is 28.8 Å². The molecule has 1 aromatic heterocycles. The van der Waals surface area contributed by atoms with E-state index in [1.54, 1.807) is 29.3 Å². The maximum atomic E-state index is 13.1. The van der Waals surface area contributed by atoms with Gasteiger partial charge in [0.05, 0.1) is 28.4 Å². The molecule has 4 aromatic rings. The highest BCUT2D eigenvalue weighted by molar-refractivity contribution is 6.08. The van der Waals surface area contributed by atoms with Crippen molar-refractivity contribution >= 4 is 34.0 Å². The van der Waals surface area contributed by atoms with E-state index in [1.807, 2.05) is 56.3 Å². The first-order valence-electron chi connectivity index (χ1n) is 11.5. The van der Waals surface area contributed by atoms with Crippen LogP contribution in [0.4, 0.5) is 11.4 Å². The zero-order chi connectivity index (χ0) is 25.6. The molecular formula is C28H25N3O5. The molecule has 0 aliphatic carbocycles. The summed E-state index contributed by atoms with van der Waals surface area (Å²) in [5.41, 5.74) is 3.81. The number of carboxylic acids is 1. The summed E-state index contributed by atoms with van der Waals surface area (Å²) in [5, 5.41) is 27.3. The van der Waals surface area contributed by atoms with E-state index in [9.17, 15) is 19.8 Å². The Bertz CT molecular complexity index is 1550. The standard InChI is InChI=1S/C28H25N3O5/c1-16-4-6-17(7-5-16)23-15-22(29-31(23)19-10-8-18(9-11-19)27(33)34)25-26(32)21-13-12-20(30(2)3)14-24(21)36-28(25)35/h4-14,23,32H,15H2,1-3H3,(H,33,34). The van der Waals surface area contributed by atoms with E-state index in [0.717, 1.165) is 16.8 Å². The molecule has 1 aliphatic heterocycles. The van der Waals surface area contributed by atoms with Gasteiger partial charge in [0.1, 0.15) is 16.9 Å². The average molecular weight is 484 g/mol. The Hall–Kier alpha value is -4.59. The molecule has 1 atom stereocenters. The summed E-state index contributed by atoms with van der Waals surface area (Å²) in [6.07, 6.45) is 0.351. The van der Waals surface area contributed by atoms with Crippen LogP contribution in [0.15, 0.2) is 81.0 Å². The Labute approximate surface area is 207 Å². The fraction of sp³-hybridized carbons (Fsp3) is 0.179. The zero-order valence-corrected chi connectivity index (χ0v) is 20.1. The number of anilines is 2. The first-order valence-corrected chi connectivity index (χ1v) is 11.5. The van der Waals surface area contributed by atoms with Gasteiger partial charge >= 0.3 is 11.6 Å². The van der Waals surface area contributed by atoms with Gasteiger partial charge in [-0.2, -0.15) is 5.10 Å². The number of aromatic carboxylic acids is 1. The lowest BCUT2D eigenvalue weighted by Crippen LogP contribution is -2.18. The summed E-state index contributed by atoms with van der Waals surface area (Å²) in [4.78, 5) is 26.3. The summed E-state index contributed by atoms with van der Waals surface area (Å²) in [6.45, 7) is 2.00. The van der Waals surface area contributed by atoms with Gasteiger partial charge in [-0.1, -0.05) is 29.8 Å². The molecule has 0 bridgehead atoms. The Morgan fingerprint density at radius 1 is 1.06 bits per heavy atom. The molecule has 0 radical (unpaired) electrons. The molecular weight excluding hydrogens is 458 g/mol. The topological polar surface area (TPSA) is 107 Å². The molecule has 0 saturated heterocycles. The summed E-state index contributed by atoms with van der Waals surface area (Å²) >= 11 is 0. The van der Waals surface area contributed by atoms with Crippen molar-refractivity contribution in [3.05, 3.63) is 99.4 Å². The van der Waals surface area contributed by atoms with Crippen molar-refractivity contribution in [3.8, 4) is 5.75 Å². The number of carboxylic acid groups (broad SMARTS) is 1. The number of hydrogen-bond donors (Lipinski definition) is 2. The van der Waals surface area contributed by atoms with Crippen molar-refractivity contribution in [2.45, 2.75) is 19.4 Å². The van der Waals surface area contributed by atoms with Gasteiger partial charge in [-0.05, 0) is 48.9 Å². The van der Waals surface area contributed by atoms with E-state index < -0.39 is 11.6 Å². The second-order valence-corrected chi connectivity index (χ2v) is 9.06. The number of rotatable bonds is 5. The number of nitrogens with zero attached hydrogens (tertiary/aromatic N) is 3. The number of carbonyl (C=O) groups is 1. The SMILES string of the molecule is Cc1ccc(C2CC(c3c(O)c4ccc(N(C)C)cc4oc3=O)=NN2c2ccc(C(=O)O)cc2)cc1. The molecule has 0 amide bonds. The minimum atomic E-state index is -1.02. The molecule has 8 nitrogen and oxygen atoms in total. The normalized spacial score (nSPS) is 15.2. The molecule has 0 saturated carbocycles. The van der Waals surface area contributed by atoms with E-state index in [4.69, 9.17) is 9.52 Å². The average Bonchev–Trinajstić information content (AvgIpc) is 3.29. The number of fused-ring (bicyclic) bond motifs is 1. The van der Waals surface area contributed by atoms with Crippen LogP contribution in [0, 0.1) is 6.92 Å². The zero-order valence-electron chi connectivity index (χ0n) is 20.1. The van der Waals surface area contributed by atoms with Crippen LogP contribution in [0.5, 0.6) is 5.75 Å². The fourth-order valence-electron chi connectivity index (χ4n) is 4.41. The maximum Gasteiger partial charge on any atom is 0.349 e. The highest BCUT2D eigenvalue weighted by Gasteiger charge is 2.33. The predicted molar refractivity (Wildman–Crippen MR) is 139 cm³/mol. The minimum absolute atomic E-state index is 0.0295. The van der Waals surface area contributed by atoms with Gasteiger partial charge < -0.3 is 19.5 Å². The van der Waals surface area contributed by atoms with E-state index >= 15 is 0 Å². The number of aryl methyl sites for hydroxylation is 1. The molecule has 36 heavy (non-hydrogen) atoms. The largest absolute Gasteiger partial charge is 0.506 e. The maximum absolute atomic E-state index is 13.1. The Balaban J connectivity index is 1.62. The van der Waals surface area contributed by atoms with Gasteiger partial charge in [-0.15, -0.1) is 0 Å².